The third-order valence-corrected chi connectivity index (χ3v) is 3.40. The molecule has 108 valence electrons. The molecule has 1 atom stereocenters. The van der Waals surface area contributed by atoms with E-state index in [0.717, 1.165) is 18.4 Å². The highest BCUT2D eigenvalue weighted by molar-refractivity contribution is 5.79. The van der Waals surface area contributed by atoms with Gasteiger partial charge in [0.15, 0.2) is 0 Å². The second-order valence-corrected chi connectivity index (χ2v) is 4.83. The Morgan fingerprint density at radius 2 is 2.10 bits per heavy atom. The largest absolute Gasteiger partial charge is 0.445 e. The highest BCUT2D eigenvalue weighted by Crippen LogP contribution is 2.17. The van der Waals surface area contributed by atoms with E-state index in [9.17, 15) is 9.59 Å². The van der Waals surface area contributed by atoms with E-state index in [2.05, 4.69) is 5.43 Å². The van der Waals surface area contributed by atoms with Crippen molar-refractivity contribution < 1.29 is 14.3 Å². The number of hydrogen-bond donors (Lipinski definition) is 2. The van der Waals surface area contributed by atoms with Crippen LogP contribution in [0.3, 0.4) is 0 Å². The van der Waals surface area contributed by atoms with Crippen LogP contribution in [0, 0.1) is 5.92 Å². The molecule has 1 aliphatic heterocycles. The zero-order valence-electron chi connectivity index (χ0n) is 11.2. The fraction of sp³-hybridized carbons (Fsp3) is 0.429. The van der Waals surface area contributed by atoms with E-state index >= 15 is 0 Å². The molecule has 20 heavy (non-hydrogen) atoms. The van der Waals surface area contributed by atoms with Crippen LogP contribution in [-0.4, -0.2) is 30.0 Å². The lowest BCUT2D eigenvalue weighted by Gasteiger charge is -2.30. The summed E-state index contributed by atoms with van der Waals surface area (Å²) in [4.78, 5) is 25.0. The average Bonchev–Trinajstić information content (AvgIpc) is 2.53. The molecule has 0 spiro atoms. The molecule has 1 aromatic rings. The molecule has 2 amide bonds. The van der Waals surface area contributed by atoms with Gasteiger partial charge in [0, 0.05) is 13.1 Å². The Morgan fingerprint density at radius 3 is 2.80 bits per heavy atom. The van der Waals surface area contributed by atoms with Crippen LogP contribution in [0.25, 0.3) is 0 Å². The summed E-state index contributed by atoms with van der Waals surface area (Å²) >= 11 is 0. The molecule has 1 fully saturated rings. The SMILES string of the molecule is NNC(=O)C1CCCN(C(=O)OCc2ccccc2)C1. The number of ether oxygens (including phenoxy) is 1. The fourth-order valence-corrected chi connectivity index (χ4v) is 2.29. The number of nitrogens with one attached hydrogen (secondary N) is 1. The van der Waals surface area contributed by atoms with Crippen molar-refractivity contribution in [2.75, 3.05) is 13.1 Å². The Kier molecular flexibility index (Phi) is 4.95. The zero-order chi connectivity index (χ0) is 14.4. The Hall–Kier alpha value is -2.08. The summed E-state index contributed by atoms with van der Waals surface area (Å²) in [7, 11) is 0. The normalized spacial score (nSPS) is 18.4. The van der Waals surface area contributed by atoms with Gasteiger partial charge in [-0.1, -0.05) is 30.3 Å². The topological polar surface area (TPSA) is 84.7 Å². The number of hydrazine groups is 1. The number of rotatable bonds is 3. The number of nitrogens with zero attached hydrogens (tertiary/aromatic N) is 1. The van der Waals surface area contributed by atoms with Crippen molar-refractivity contribution in [3.8, 4) is 0 Å². The number of likely N-dealkylation sites (tertiary alicyclic amines) is 1. The van der Waals surface area contributed by atoms with E-state index < -0.39 is 0 Å². The van der Waals surface area contributed by atoms with Crippen molar-refractivity contribution in [3.63, 3.8) is 0 Å². The monoisotopic (exact) mass is 277 g/mol. The first-order chi connectivity index (χ1) is 9.70. The quantitative estimate of drug-likeness (QED) is 0.491. The Bertz CT molecular complexity index is 464. The summed E-state index contributed by atoms with van der Waals surface area (Å²) in [6.45, 7) is 1.21. The number of carbonyl (C=O) groups is 2. The maximum atomic E-state index is 12.0. The Labute approximate surface area is 117 Å². The van der Waals surface area contributed by atoms with Gasteiger partial charge in [-0.05, 0) is 18.4 Å². The van der Waals surface area contributed by atoms with Gasteiger partial charge in [-0.2, -0.15) is 0 Å². The van der Waals surface area contributed by atoms with Gasteiger partial charge in [-0.25, -0.2) is 10.6 Å². The number of nitrogens with two attached hydrogens (primary N) is 1. The molecule has 3 N–H and O–H groups in total. The van der Waals surface area contributed by atoms with Crippen LogP contribution in [0.4, 0.5) is 4.79 Å². The number of carbonyl (C=O) groups excluding carboxylic acids is 2. The van der Waals surface area contributed by atoms with Crippen molar-refractivity contribution in [3.05, 3.63) is 35.9 Å². The summed E-state index contributed by atoms with van der Waals surface area (Å²) in [6.07, 6.45) is 1.13. The second kappa shape index (κ2) is 6.91. The van der Waals surface area contributed by atoms with E-state index in [4.69, 9.17) is 10.6 Å². The third-order valence-electron chi connectivity index (χ3n) is 3.40. The van der Waals surface area contributed by atoms with Crippen molar-refractivity contribution in [1.82, 2.24) is 10.3 Å². The molecule has 1 aliphatic rings. The highest BCUT2D eigenvalue weighted by atomic mass is 16.6. The molecular weight excluding hydrogens is 258 g/mol. The van der Waals surface area contributed by atoms with Crippen LogP contribution in [-0.2, 0) is 16.1 Å². The lowest BCUT2D eigenvalue weighted by atomic mass is 9.98. The van der Waals surface area contributed by atoms with Gasteiger partial charge in [0.1, 0.15) is 6.61 Å². The van der Waals surface area contributed by atoms with E-state index in [1.54, 1.807) is 4.90 Å². The molecule has 0 radical (unpaired) electrons. The third kappa shape index (κ3) is 3.71. The van der Waals surface area contributed by atoms with E-state index in [1.807, 2.05) is 30.3 Å². The summed E-state index contributed by atoms with van der Waals surface area (Å²) in [6, 6.07) is 9.49. The van der Waals surface area contributed by atoms with E-state index in [1.165, 1.54) is 0 Å². The van der Waals surface area contributed by atoms with Gasteiger partial charge in [0.2, 0.25) is 5.91 Å². The maximum absolute atomic E-state index is 12.0. The first-order valence-corrected chi connectivity index (χ1v) is 6.67. The van der Waals surface area contributed by atoms with Crippen LogP contribution < -0.4 is 11.3 Å². The minimum absolute atomic E-state index is 0.231. The molecule has 0 saturated carbocycles. The number of piperidine rings is 1. The lowest BCUT2D eigenvalue weighted by Crippen LogP contribution is -2.47. The van der Waals surface area contributed by atoms with Gasteiger partial charge >= 0.3 is 6.09 Å². The summed E-state index contributed by atoms with van der Waals surface area (Å²) in [5.74, 6) is 4.64. The van der Waals surface area contributed by atoms with Crippen molar-refractivity contribution >= 4 is 12.0 Å². The van der Waals surface area contributed by atoms with Gasteiger partial charge in [-0.15, -0.1) is 0 Å². The van der Waals surface area contributed by atoms with Gasteiger partial charge in [-0.3, -0.25) is 10.2 Å². The number of benzene rings is 1. The first kappa shape index (κ1) is 14.3. The molecule has 1 aromatic carbocycles. The smallest absolute Gasteiger partial charge is 0.410 e. The molecular formula is C14H19N3O3. The number of amides is 2. The zero-order valence-corrected chi connectivity index (χ0v) is 11.2. The van der Waals surface area contributed by atoms with Gasteiger partial charge in [0.25, 0.3) is 0 Å². The molecule has 6 heteroatoms. The van der Waals surface area contributed by atoms with Crippen molar-refractivity contribution in [1.29, 1.82) is 0 Å². The molecule has 0 aliphatic carbocycles. The van der Waals surface area contributed by atoms with Crippen LogP contribution in [0.1, 0.15) is 18.4 Å². The molecule has 6 nitrogen and oxygen atoms in total. The fourth-order valence-electron chi connectivity index (χ4n) is 2.29. The standard InChI is InChI=1S/C14H19N3O3/c15-16-13(18)12-7-4-8-17(9-12)14(19)20-10-11-5-2-1-3-6-11/h1-3,5-6,12H,4,7-10,15H2,(H,16,18). The molecule has 1 heterocycles. The van der Waals surface area contributed by atoms with E-state index in [0.29, 0.717) is 13.1 Å². The van der Waals surface area contributed by atoms with Crippen LogP contribution >= 0.6 is 0 Å². The van der Waals surface area contributed by atoms with Crippen molar-refractivity contribution in [2.45, 2.75) is 19.4 Å². The first-order valence-electron chi connectivity index (χ1n) is 6.67. The summed E-state index contributed by atoms with van der Waals surface area (Å²) in [5.41, 5.74) is 3.07. The molecule has 0 aromatic heterocycles. The summed E-state index contributed by atoms with van der Waals surface area (Å²) in [5, 5.41) is 0. The van der Waals surface area contributed by atoms with Crippen LogP contribution in [0.15, 0.2) is 30.3 Å². The molecule has 2 rings (SSSR count). The molecule has 1 saturated heterocycles. The Balaban J connectivity index is 1.84. The molecule has 0 bridgehead atoms. The highest BCUT2D eigenvalue weighted by Gasteiger charge is 2.28. The van der Waals surface area contributed by atoms with Gasteiger partial charge < -0.3 is 9.64 Å². The van der Waals surface area contributed by atoms with E-state index in [-0.39, 0.29) is 24.5 Å². The summed E-state index contributed by atoms with van der Waals surface area (Å²) < 4.78 is 5.25. The van der Waals surface area contributed by atoms with Crippen LogP contribution in [0.2, 0.25) is 0 Å². The maximum Gasteiger partial charge on any atom is 0.410 e. The second-order valence-electron chi connectivity index (χ2n) is 4.83. The van der Waals surface area contributed by atoms with Gasteiger partial charge in [0.05, 0.1) is 5.92 Å². The predicted octanol–water partition coefficient (Wildman–Crippen LogP) is 1.03. The number of hydrogen-bond acceptors (Lipinski definition) is 4. The van der Waals surface area contributed by atoms with Crippen LogP contribution in [0.5, 0.6) is 0 Å². The van der Waals surface area contributed by atoms with Crippen molar-refractivity contribution in [2.24, 2.45) is 11.8 Å². The lowest BCUT2D eigenvalue weighted by molar-refractivity contribution is -0.126. The predicted molar refractivity (Wildman–Crippen MR) is 73.3 cm³/mol. The molecule has 1 unspecified atom stereocenters. The minimum atomic E-state index is -0.386. The average molecular weight is 277 g/mol. The minimum Gasteiger partial charge on any atom is -0.445 e. The Morgan fingerprint density at radius 1 is 1.35 bits per heavy atom.